The van der Waals surface area contributed by atoms with Crippen molar-refractivity contribution < 1.29 is 26.7 Å². The SMILES string of the molecule is CCc1[nH]nc(-c2ccc(C(F)(F)F)cc2)c1NC(=O)c1ccc(F)cc1F. The normalized spacial score (nSPS) is 11.5. The van der Waals surface area contributed by atoms with Crippen LogP contribution in [-0.4, -0.2) is 16.1 Å². The number of carbonyl (C=O) groups is 1. The molecule has 0 spiro atoms. The highest BCUT2D eigenvalue weighted by Crippen LogP contribution is 2.33. The molecule has 0 aliphatic rings. The molecule has 0 aliphatic carbocycles. The Labute approximate surface area is 156 Å². The maximum Gasteiger partial charge on any atom is 0.416 e. The van der Waals surface area contributed by atoms with Crippen LogP contribution in [0, 0.1) is 11.6 Å². The Morgan fingerprint density at radius 3 is 2.36 bits per heavy atom. The molecule has 0 saturated heterocycles. The molecule has 0 unspecified atom stereocenters. The van der Waals surface area contributed by atoms with E-state index in [9.17, 15) is 26.7 Å². The number of anilines is 1. The minimum atomic E-state index is -4.48. The smallest absolute Gasteiger partial charge is 0.318 e. The molecule has 1 heterocycles. The quantitative estimate of drug-likeness (QED) is 0.598. The Morgan fingerprint density at radius 1 is 1.11 bits per heavy atom. The zero-order chi connectivity index (χ0) is 20.5. The first kappa shape index (κ1) is 19.5. The van der Waals surface area contributed by atoms with Gasteiger partial charge in [-0.2, -0.15) is 18.3 Å². The van der Waals surface area contributed by atoms with Gasteiger partial charge in [0, 0.05) is 11.6 Å². The monoisotopic (exact) mass is 395 g/mol. The number of amides is 1. The average molecular weight is 395 g/mol. The molecular formula is C19H14F5N3O. The van der Waals surface area contributed by atoms with Crippen LogP contribution in [-0.2, 0) is 12.6 Å². The van der Waals surface area contributed by atoms with Gasteiger partial charge in [-0.3, -0.25) is 9.89 Å². The number of alkyl halides is 3. The number of aryl methyl sites for hydroxylation is 1. The third kappa shape index (κ3) is 3.88. The topological polar surface area (TPSA) is 57.8 Å². The summed E-state index contributed by atoms with van der Waals surface area (Å²) in [5.41, 5.74) is 0.0755. The van der Waals surface area contributed by atoms with Gasteiger partial charge < -0.3 is 5.32 Å². The van der Waals surface area contributed by atoms with Crippen LogP contribution in [0.2, 0.25) is 0 Å². The summed E-state index contributed by atoms with van der Waals surface area (Å²) in [6.45, 7) is 1.78. The van der Waals surface area contributed by atoms with Gasteiger partial charge in [-0.15, -0.1) is 0 Å². The fourth-order valence-corrected chi connectivity index (χ4v) is 2.65. The molecule has 0 fully saturated rings. The second-order valence-electron chi connectivity index (χ2n) is 5.93. The highest BCUT2D eigenvalue weighted by molar-refractivity contribution is 6.06. The molecule has 0 radical (unpaired) electrons. The molecule has 9 heteroatoms. The number of nitrogens with zero attached hydrogens (tertiary/aromatic N) is 1. The van der Waals surface area contributed by atoms with Gasteiger partial charge in [0.15, 0.2) is 0 Å². The lowest BCUT2D eigenvalue weighted by atomic mass is 10.1. The molecule has 0 atom stereocenters. The predicted octanol–water partition coefficient (Wildman–Crippen LogP) is 5.19. The van der Waals surface area contributed by atoms with E-state index in [1.165, 1.54) is 12.1 Å². The average Bonchev–Trinajstić information content (AvgIpc) is 3.03. The van der Waals surface area contributed by atoms with E-state index in [1.54, 1.807) is 6.92 Å². The molecule has 0 bridgehead atoms. The highest BCUT2D eigenvalue weighted by Gasteiger charge is 2.30. The first-order valence-corrected chi connectivity index (χ1v) is 8.22. The summed E-state index contributed by atoms with van der Waals surface area (Å²) in [5, 5.41) is 9.28. The van der Waals surface area contributed by atoms with Crippen molar-refractivity contribution in [2.45, 2.75) is 19.5 Å². The van der Waals surface area contributed by atoms with Gasteiger partial charge in [-0.25, -0.2) is 8.78 Å². The van der Waals surface area contributed by atoms with Crippen LogP contribution in [0.15, 0.2) is 42.5 Å². The number of nitrogens with one attached hydrogen (secondary N) is 2. The number of benzene rings is 2. The van der Waals surface area contributed by atoms with Gasteiger partial charge in [0.05, 0.1) is 22.5 Å². The van der Waals surface area contributed by atoms with Crippen molar-refractivity contribution in [3.63, 3.8) is 0 Å². The summed E-state index contributed by atoms with van der Waals surface area (Å²) in [6.07, 6.45) is -4.05. The number of halogens is 5. The first-order valence-electron chi connectivity index (χ1n) is 8.22. The van der Waals surface area contributed by atoms with Crippen molar-refractivity contribution >= 4 is 11.6 Å². The molecule has 3 rings (SSSR count). The fourth-order valence-electron chi connectivity index (χ4n) is 2.65. The summed E-state index contributed by atoms with van der Waals surface area (Å²) in [6, 6.07) is 6.80. The lowest BCUT2D eigenvalue weighted by molar-refractivity contribution is -0.137. The third-order valence-electron chi connectivity index (χ3n) is 4.09. The Balaban J connectivity index is 1.96. The number of H-pyrrole nitrogens is 1. The van der Waals surface area contributed by atoms with Crippen molar-refractivity contribution in [3.05, 3.63) is 70.9 Å². The van der Waals surface area contributed by atoms with Gasteiger partial charge in [0.2, 0.25) is 0 Å². The molecule has 2 aromatic carbocycles. The molecule has 1 aromatic heterocycles. The summed E-state index contributed by atoms with van der Waals surface area (Å²) in [7, 11) is 0. The molecular weight excluding hydrogens is 381 g/mol. The van der Waals surface area contributed by atoms with Crippen molar-refractivity contribution in [1.82, 2.24) is 10.2 Å². The molecule has 146 valence electrons. The van der Waals surface area contributed by atoms with Crippen molar-refractivity contribution in [1.29, 1.82) is 0 Å². The fraction of sp³-hybridized carbons (Fsp3) is 0.158. The van der Waals surface area contributed by atoms with E-state index in [1.807, 2.05) is 0 Å². The van der Waals surface area contributed by atoms with Gasteiger partial charge >= 0.3 is 6.18 Å². The molecule has 3 aromatic rings. The van der Waals surface area contributed by atoms with E-state index in [0.717, 1.165) is 24.3 Å². The van der Waals surface area contributed by atoms with Gasteiger partial charge in [0.25, 0.3) is 5.91 Å². The summed E-state index contributed by atoms with van der Waals surface area (Å²) in [5.74, 6) is -2.69. The van der Waals surface area contributed by atoms with Gasteiger partial charge in [-0.05, 0) is 30.7 Å². The van der Waals surface area contributed by atoms with Crippen LogP contribution in [0.25, 0.3) is 11.3 Å². The van der Waals surface area contributed by atoms with E-state index in [4.69, 9.17) is 0 Å². The number of aromatic amines is 1. The molecule has 0 aliphatic heterocycles. The van der Waals surface area contributed by atoms with Crippen LogP contribution in [0.4, 0.5) is 27.6 Å². The van der Waals surface area contributed by atoms with E-state index < -0.39 is 29.3 Å². The van der Waals surface area contributed by atoms with Crippen LogP contribution in [0.5, 0.6) is 0 Å². The van der Waals surface area contributed by atoms with Crippen molar-refractivity contribution in [2.24, 2.45) is 0 Å². The summed E-state index contributed by atoms with van der Waals surface area (Å²) < 4.78 is 65.1. The van der Waals surface area contributed by atoms with Gasteiger partial charge in [0.1, 0.15) is 17.3 Å². The lowest BCUT2D eigenvalue weighted by Gasteiger charge is -2.10. The van der Waals surface area contributed by atoms with E-state index in [2.05, 4.69) is 15.5 Å². The van der Waals surface area contributed by atoms with E-state index >= 15 is 0 Å². The number of hydrogen-bond donors (Lipinski definition) is 2. The summed E-state index contributed by atoms with van der Waals surface area (Å²) in [4.78, 5) is 12.4. The molecule has 28 heavy (non-hydrogen) atoms. The van der Waals surface area contributed by atoms with E-state index in [-0.39, 0.29) is 16.9 Å². The predicted molar refractivity (Wildman–Crippen MR) is 92.7 cm³/mol. The Bertz CT molecular complexity index is 1010. The van der Waals surface area contributed by atoms with E-state index in [0.29, 0.717) is 23.7 Å². The maximum atomic E-state index is 13.9. The van der Waals surface area contributed by atoms with Crippen LogP contribution < -0.4 is 5.32 Å². The largest absolute Gasteiger partial charge is 0.416 e. The standard InChI is InChI=1S/C19H14F5N3O/c1-2-15-17(25-18(28)13-8-7-12(20)9-14(13)21)16(27-26-15)10-3-5-11(6-4-10)19(22,23)24/h3-9H,2H2,1H3,(H,25,28)(H,26,27). The zero-order valence-corrected chi connectivity index (χ0v) is 14.5. The lowest BCUT2D eigenvalue weighted by Crippen LogP contribution is -2.15. The minimum absolute atomic E-state index is 0.210. The Morgan fingerprint density at radius 2 is 1.79 bits per heavy atom. The second-order valence-corrected chi connectivity index (χ2v) is 5.93. The molecule has 4 nitrogen and oxygen atoms in total. The maximum absolute atomic E-state index is 13.9. The van der Waals surface area contributed by atoms with Crippen LogP contribution in [0.3, 0.4) is 0 Å². The molecule has 2 N–H and O–H groups in total. The van der Waals surface area contributed by atoms with Crippen molar-refractivity contribution in [2.75, 3.05) is 5.32 Å². The Kier molecular flexibility index (Phi) is 5.17. The number of carbonyl (C=O) groups excluding carboxylic acids is 1. The molecule has 1 amide bonds. The first-order chi connectivity index (χ1) is 13.2. The number of aromatic nitrogens is 2. The number of rotatable bonds is 4. The second kappa shape index (κ2) is 7.41. The zero-order valence-electron chi connectivity index (χ0n) is 14.5. The number of hydrogen-bond acceptors (Lipinski definition) is 2. The van der Waals surface area contributed by atoms with Crippen LogP contribution in [0.1, 0.15) is 28.5 Å². The van der Waals surface area contributed by atoms with Gasteiger partial charge in [-0.1, -0.05) is 19.1 Å². The molecule has 0 saturated carbocycles. The third-order valence-corrected chi connectivity index (χ3v) is 4.09. The summed E-state index contributed by atoms with van der Waals surface area (Å²) >= 11 is 0. The minimum Gasteiger partial charge on any atom is -0.318 e. The highest BCUT2D eigenvalue weighted by atomic mass is 19.4. The van der Waals surface area contributed by atoms with Crippen molar-refractivity contribution in [3.8, 4) is 11.3 Å². The van der Waals surface area contributed by atoms with Crippen LogP contribution >= 0.6 is 0 Å². The Hall–Kier alpha value is -3.23.